The summed E-state index contributed by atoms with van der Waals surface area (Å²) in [5.74, 6) is 1.87. The van der Waals surface area contributed by atoms with Crippen molar-refractivity contribution in [1.29, 1.82) is 0 Å². The Morgan fingerprint density at radius 2 is 2.15 bits per heavy atom. The summed E-state index contributed by atoms with van der Waals surface area (Å²) in [5, 5.41) is 7.01. The van der Waals surface area contributed by atoms with Crippen molar-refractivity contribution in [2.75, 3.05) is 20.1 Å². The van der Waals surface area contributed by atoms with E-state index in [1.807, 2.05) is 18.9 Å². The summed E-state index contributed by atoms with van der Waals surface area (Å²) in [6.07, 6.45) is 2.82. The first kappa shape index (κ1) is 20.2. The molecule has 1 saturated heterocycles. The molecule has 0 aliphatic carbocycles. The summed E-state index contributed by atoms with van der Waals surface area (Å²) in [6, 6.07) is 7.49. The second kappa shape index (κ2) is 9.54. The van der Waals surface area contributed by atoms with Crippen LogP contribution in [0.2, 0.25) is 0 Å². The number of halogens is 1. The van der Waals surface area contributed by atoms with Gasteiger partial charge >= 0.3 is 0 Å². The number of benzene rings is 1. The molecule has 0 radical (unpaired) electrons. The molecule has 8 heteroatoms. The molecule has 0 spiro atoms. The predicted octanol–water partition coefficient (Wildman–Crippen LogP) is 2.46. The second-order valence-electron chi connectivity index (χ2n) is 6.12. The molecule has 1 amide bonds. The van der Waals surface area contributed by atoms with E-state index in [2.05, 4.69) is 15.5 Å². The zero-order valence-corrected chi connectivity index (χ0v) is 15.9. The molecular weight excluding hydrogens is 356 g/mol. The van der Waals surface area contributed by atoms with Gasteiger partial charge in [0.05, 0.1) is 0 Å². The molecule has 1 aliphatic rings. The lowest BCUT2D eigenvalue weighted by Gasteiger charge is -2.24. The van der Waals surface area contributed by atoms with Gasteiger partial charge in [-0.1, -0.05) is 12.1 Å². The lowest BCUT2D eigenvalue weighted by atomic mass is 10.1. The Kier molecular flexibility index (Phi) is 7.41. The maximum absolute atomic E-state index is 12.7. The molecule has 1 fully saturated rings. The third-order valence-electron chi connectivity index (χ3n) is 4.36. The van der Waals surface area contributed by atoms with Gasteiger partial charge in [-0.2, -0.15) is 4.98 Å². The number of aryl methyl sites for hydroxylation is 1. The van der Waals surface area contributed by atoms with Crippen LogP contribution in [0.3, 0.4) is 0 Å². The van der Waals surface area contributed by atoms with E-state index in [9.17, 15) is 4.79 Å². The number of likely N-dealkylation sites (tertiary alicyclic amines) is 1. The van der Waals surface area contributed by atoms with Gasteiger partial charge in [-0.15, -0.1) is 12.4 Å². The normalized spacial score (nSPS) is 16.4. The maximum Gasteiger partial charge on any atom is 0.254 e. The molecule has 0 bridgehead atoms. The van der Waals surface area contributed by atoms with E-state index in [4.69, 9.17) is 9.26 Å². The van der Waals surface area contributed by atoms with Crippen LogP contribution >= 0.6 is 12.4 Å². The Hall–Kier alpha value is -2.12. The number of hydrogen-bond acceptors (Lipinski definition) is 6. The summed E-state index contributed by atoms with van der Waals surface area (Å²) in [5.41, 5.74) is 0.684. The molecule has 1 aromatic heterocycles. The van der Waals surface area contributed by atoms with E-state index in [1.54, 1.807) is 24.3 Å². The van der Waals surface area contributed by atoms with Crippen LogP contribution in [0.4, 0.5) is 0 Å². The smallest absolute Gasteiger partial charge is 0.254 e. The molecular formula is C18H25ClN4O3. The van der Waals surface area contributed by atoms with Gasteiger partial charge in [-0.05, 0) is 44.2 Å². The number of ether oxygens (including phenoxy) is 1. The van der Waals surface area contributed by atoms with Gasteiger partial charge in [-0.25, -0.2) is 0 Å². The van der Waals surface area contributed by atoms with Crippen molar-refractivity contribution in [1.82, 2.24) is 20.4 Å². The average molecular weight is 381 g/mol. The molecule has 1 atom stereocenters. The van der Waals surface area contributed by atoms with Crippen molar-refractivity contribution in [3.63, 3.8) is 0 Å². The van der Waals surface area contributed by atoms with Crippen LogP contribution in [0.1, 0.15) is 41.8 Å². The van der Waals surface area contributed by atoms with Crippen LogP contribution in [0.5, 0.6) is 5.75 Å². The summed E-state index contributed by atoms with van der Waals surface area (Å²) in [6.45, 7) is 3.85. The summed E-state index contributed by atoms with van der Waals surface area (Å²) < 4.78 is 10.7. The van der Waals surface area contributed by atoms with E-state index >= 15 is 0 Å². The standard InChI is InChI=1S/C18H24N4O3.ClH/c1-3-17-20-16(21-25-17)12-24-15-8-6-13(7-9-15)18(23)22-10-4-5-14(22)11-19-2;/h6-9,14,19H,3-5,10-12H2,1-2H3;1H. The minimum atomic E-state index is 0. The number of amides is 1. The number of carbonyl (C=O) groups excluding carboxylic acids is 1. The zero-order valence-electron chi connectivity index (χ0n) is 15.1. The molecule has 2 heterocycles. The van der Waals surface area contributed by atoms with Gasteiger partial charge in [-0.3, -0.25) is 4.79 Å². The van der Waals surface area contributed by atoms with E-state index in [1.165, 1.54) is 0 Å². The first-order valence-corrected chi connectivity index (χ1v) is 8.71. The van der Waals surface area contributed by atoms with E-state index < -0.39 is 0 Å². The maximum atomic E-state index is 12.7. The highest BCUT2D eigenvalue weighted by atomic mass is 35.5. The molecule has 7 nitrogen and oxygen atoms in total. The quantitative estimate of drug-likeness (QED) is 0.794. The molecule has 1 unspecified atom stereocenters. The van der Waals surface area contributed by atoms with Crippen LogP contribution in [0, 0.1) is 0 Å². The minimum Gasteiger partial charge on any atom is -0.485 e. The highest BCUT2D eigenvalue weighted by Crippen LogP contribution is 2.21. The lowest BCUT2D eigenvalue weighted by Crippen LogP contribution is -2.40. The Morgan fingerprint density at radius 1 is 1.38 bits per heavy atom. The summed E-state index contributed by atoms with van der Waals surface area (Å²) in [7, 11) is 1.92. The number of hydrogen-bond donors (Lipinski definition) is 1. The molecule has 142 valence electrons. The summed E-state index contributed by atoms with van der Waals surface area (Å²) in [4.78, 5) is 18.8. The Balaban J connectivity index is 0.00000243. The van der Waals surface area contributed by atoms with Gasteiger partial charge in [0.2, 0.25) is 11.7 Å². The first-order chi connectivity index (χ1) is 12.2. The second-order valence-corrected chi connectivity index (χ2v) is 6.12. The summed E-state index contributed by atoms with van der Waals surface area (Å²) >= 11 is 0. The van der Waals surface area contributed by atoms with Gasteiger partial charge in [0.15, 0.2) is 6.61 Å². The number of nitrogens with zero attached hydrogens (tertiary/aromatic N) is 3. The first-order valence-electron chi connectivity index (χ1n) is 8.71. The fourth-order valence-electron chi connectivity index (χ4n) is 3.05. The molecule has 0 saturated carbocycles. The van der Waals surface area contributed by atoms with Crippen molar-refractivity contribution in [2.45, 2.75) is 38.8 Å². The monoisotopic (exact) mass is 380 g/mol. The van der Waals surface area contributed by atoms with Crippen molar-refractivity contribution >= 4 is 18.3 Å². The molecule has 1 aliphatic heterocycles. The Labute approximate surface area is 159 Å². The average Bonchev–Trinajstić information content (AvgIpc) is 3.29. The largest absolute Gasteiger partial charge is 0.485 e. The van der Waals surface area contributed by atoms with Crippen LogP contribution in [0.15, 0.2) is 28.8 Å². The SMILES string of the molecule is CCc1nc(COc2ccc(C(=O)N3CCCC3CNC)cc2)no1.Cl. The third kappa shape index (κ3) is 4.74. The van der Waals surface area contributed by atoms with Crippen LogP contribution in [0.25, 0.3) is 0 Å². The van der Waals surface area contributed by atoms with Gasteiger partial charge in [0, 0.05) is 31.1 Å². The van der Waals surface area contributed by atoms with E-state index in [0.29, 0.717) is 29.4 Å². The Morgan fingerprint density at radius 3 is 2.81 bits per heavy atom. The Bertz CT molecular complexity index is 705. The van der Waals surface area contributed by atoms with Crippen molar-refractivity contribution in [3.8, 4) is 5.75 Å². The number of nitrogens with one attached hydrogen (secondary N) is 1. The highest BCUT2D eigenvalue weighted by Gasteiger charge is 2.28. The molecule has 1 N–H and O–H groups in total. The van der Waals surface area contributed by atoms with Gasteiger partial charge < -0.3 is 19.5 Å². The minimum absolute atomic E-state index is 0. The number of carbonyl (C=O) groups is 1. The third-order valence-corrected chi connectivity index (χ3v) is 4.36. The van der Waals surface area contributed by atoms with Crippen molar-refractivity contribution < 1.29 is 14.1 Å². The van der Waals surface area contributed by atoms with Gasteiger partial charge in [0.1, 0.15) is 5.75 Å². The van der Waals surface area contributed by atoms with Crippen LogP contribution in [-0.2, 0) is 13.0 Å². The molecule has 2 aromatic rings. The zero-order chi connectivity index (χ0) is 17.6. The van der Waals surface area contributed by atoms with E-state index in [0.717, 1.165) is 25.9 Å². The predicted molar refractivity (Wildman–Crippen MR) is 99.7 cm³/mol. The molecule has 26 heavy (non-hydrogen) atoms. The van der Waals surface area contributed by atoms with Crippen molar-refractivity contribution in [3.05, 3.63) is 41.5 Å². The number of rotatable bonds is 7. The van der Waals surface area contributed by atoms with E-state index in [-0.39, 0.29) is 31.0 Å². The van der Waals surface area contributed by atoms with Crippen LogP contribution < -0.4 is 10.1 Å². The molecule has 3 rings (SSSR count). The topological polar surface area (TPSA) is 80.5 Å². The number of aromatic nitrogens is 2. The highest BCUT2D eigenvalue weighted by molar-refractivity contribution is 5.94. The fourth-order valence-corrected chi connectivity index (χ4v) is 3.05. The van der Waals surface area contributed by atoms with Crippen molar-refractivity contribution in [2.24, 2.45) is 0 Å². The fraction of sp³-hybridized carbons (Fsp3) is 0.500. The van der Waals surface area contributed by atoms with Gasteiger partial charge in [0.25, 0.3) is 5.91 Å². The lowest BCUT2D eigenvalue weighted by molar-refractivity contribution is 0.0737. The van der Waals surface area contributed by atoms with Crippen LogP contribution in [-0.4, -0.2) is 47.1 Å². The number of likely N-dealkylation sites (N-methyl/N-ethyl adjacent to an activating group) is 1. The molecule has 1 aromatic carbocycles.